The van der Waals surface area contributed by atoms with Crippen molar-refractivity contribution in [2.45, 2.75) is 31.7 Å². The molecule has 0 saturated carbocycles. The van der Waals surface area contributed by atoms with Gasteiger partial charge in [-0.1, -0.05) is 20.8 Å². The molecule has 0 spiro atoms. The van der Waals surface area contributed by atoms with Crippen LogP contribution in [0.5, 0.6) is 0 Å². The van der Waals surface area contributed by atoms with Gasteiger partial charge >= 0.3 is 0 Å². The van der Waals surface area contributed by atoms with Gasteiger partial charge in [0.2, 0.25) is 5.91 Å². The molecule has 0 aromatic heterocycles. The molecule has 20 heavy (non-hydrogen) atoms. The molecule has 1 atom stereocenters. The molecule has 1 aromatic carbocycles. The van der Waals surface area contributed by atoms with Crippen molar-refractivity contribution in [1.29, 1.82) is 0 Å². The molecule has 1 N–H and O–H groups in total. The fourth-order valence-electron chi connectivity index (χ4n) is 2.21. The summed E-state index contributed by atoms with van der Waals surface area (Å²) in [5.41, 5.74) is 0.474. The van der Waals surface area contributed by atoms with Crippen LogP contribution in [-0.2, 0) is 9.59 Å². The molecule has 1 aromatic rings. The summed E-state index contributed by atoms with van der Waals surface area (Å²) in [6.45, 7) is 5.95. The number of amides is 2. The van der Waals surface area contributed by atoms with Crippen LogP contribution in [0.25, 0.3) is 0 Å². The molecule has 5 heteroatoms. The minimum atomic E-state index is -0.482. The summed E-state index contributed by atoms with van der Waals surface area (Å²) >= 11 is 1.65. The van der Waals surface area contributed by atoms with E-state index in [1.807, 2.05) is 51.3 Å². The van der Waals surface area contributed by atoms with Gasteiger partial charge in [-0.15, -0.1) is 11.8 Å². The number of nitrogens with one attached hydrogen (secondary N) is 1. The maximum Gasteiger partial charge on any atom is 0.250 e. The second-order valence-corrected chi connectivity index (χ2v) is 6.87. The third-order valence-electron chi connectivity index (χ3n) is 3.37. The van der Waals surface area contributed by atoms with E-state index in [1.54, 1.807) is 16.7 Å². The zero-order valence-electron chi connectivity index (χ0n) is 12.3. The molecule has 1 aliphatic rings. The lowest BCUT2D eigenvalue weighted by atomic mass is 9.84. The predicted octanol–water partition coefficient (Wildman–Crippen LogP) is 2.29. The minimum absolute atomic E-state index is 0.0472. The fourth-order valence-corrected chi connectivity index (χ4v) is 2.62. The van der Waals surface area contributed by atoms with Crippen LogP contribution in [0.3, 0.4) is 0 Å². The second-order valence-electron chi connectivity index (χ2n) is 5.99. The van der Waals surface area contributed by atoms with Crippen molar-refractivity contribution in [3.8, 4) is 0 Å². The number of thioether (sulfide) groups is 1. The van der Waals surface area contributed by atoms with Gasteiger partial charge in [0.25, 0.3) is 5.91 Å². The zero-order valence-corrected chi connectivity index (χ0v) is 13.1. The number of anilines is 1. The molecule has 1 aliphatic heterocycles. The monoisotopic (exact) mass is 292 g/mol. The number of rotatable bonds is 2. The Morgan fingerprint density at radius 1 is 1.20 bits per heavy atom. The molecule has 1 fully saturated rings. The molecule has 1 heterocycles. The quantitative estimate of drug-likeness (QED) is 0.851. The van der Waals surface area contributed by atoms with Crippen LogP contribution >= 0.6 is 11.8 Å². The predicted molar refractivity (Wildman–Crippen MR) is 82.0 cm³/mol. The van der Waals surface area contributed by atoms with Gasteiger partial charge in [-0.05, 0) is 35.9 Å². The molecule has 0 aliphatic carbocycles. The smallest absolute Gasteiger partial charge is 0.250 e. The van der Waals surface area contributed by atoms with Crippen molar-refractivity contribution in [3.05, 3.63) is 24.3 Å². The van der Waals surface area contributed by atoms with Crippen LogP contribution in [0.2, 0.25) is 0 Å². The summed E-state index contributed by atoms with van der Waals surface area (Å²) in [4.78, 5) is 27.1. The third kappa shape index (κ3) is 2.98. The van der Waals surface area contributed by atoms with Crippen LogP contribution in [0.4, 0.5) is 5.69 Å². The molecule has 0 radical (unpaired) electrons. The van der Waals surface area contributed by atoms with E-state index in [0.717, 1.165) is 10.6 Å². The van der Waals surface area contributed by atoms with Crippen molar-refractivity contribution in [2.24, 2.45) is 5.41 Å². The van der Waals surface area contributed by atoms with Crippen LogP contribution in [0.1, 0.15) is 20.8 Å². The number of carbonyl (C=O) groups is 2. The maximum absolute atomic E-state index is 12.6. The minimum Gasteiger partial charge on any atom is -0.342 e. The Balaban J connectivity index is 2.29. The lowest BCUT2D eigenvalue weighted by Crippen LogP contribution is -2.62. The molecule has 1 unspecified atom stereocenters. The van der Waals surface area contributed by atoms with Crippen LogP contribution in [0, 0.1) is 5.41 Å². The van der Waals surface area contributed by atoms with Crippen molar-refractivity contribution in [3.63, 3.8) is 0 Å². The molecule has 2 rings (SSSR count). The highest BCUT2D eigenvalue weighted by molar-refractivity contribution is 7.98. The van der Waals surface area contributed by atoms with Gasteiger partial charge in [-0.3, -0.25) is 9.59 Å². The summed E-state index contributed by atoms with van der Waals surface area (Å²) < 4.78 is 0. The average molecular weight is 292 g/mol. The highest BCUT2D eigenvalue weighted by Crippen LogP contribution is 2.27. The Morgan fingerprint density at radius 3 is 2.30 bits per heavy atom. The number of nitrogens with zero attached hydrogens (tertiary/aromatic N) is 1. The Hall–Kier alpha value is -1.49. The highest BCUT2D eigenvalue weighted by Gasteiger charge is 2.40. The molecular formula is C15H20N2O2S. The van der Waals surface area contributed by atoms with Crippen molar-refractivity contribution >= 4 is 29.3 Å². The number of benzene rings is 1. The largest absolute Gasteiger partial charge is 0.342 e. The van der Waals surface area contributed by atoms with E-state index in [4.69, 9.17) is 0 Å². The van der Waals surface area contributed by atoms with Crippen molar-refractivity contribution in [2.75, 3.05) is 17.7 Å². The standard InChI is InChI=1S/C15H20N2O2S/c1-15(2,3)13-14(19)17(9-12(18)16-13)10-5-7-11(20-4)8-6-10/h5-8,13H,9H2,1-4H3,(H,16,18). The summed E-state index contributed by atoms with van der Waals surface area (Å²) in [5.74, 6) is -0.160. The molecule has 108 valence electrons. The van der Waals surface area contributed by atoms with E-state index >= 15 is 0 Å². The topological polar surface area (TPSA) is 49.4 Å². The molecule has 4 nitrogen and oxygen atoms in total. The normalized spacial score (nSPS) is 20.0. The van der Waals surface area contributed by atoms with Crippen molar-refractivity contribution < 1.29 is 9.59 Å². The second kappa shape index (κ2) is 5.48. The van der Waals surface area contributed by atoms with E-state index < -0.39 is 6.04 Å². The van der Waals surface area contributed by atoms with Gasteiger partial charge < -0.3 is 10.2 Å². The van der Waals surface area contributed by atoms with Crippen LogP contribution < -0.4 is 10.2 Å². The first-order chi connectivity index (χ1) is 9.32. The Labute approximate surface area is 123 Å². The summed E-state index contributed by atoms with van der Waals surface area (Å²) in [6, 6.07) is 7.23. The highest BCUT2D eigenvalue weighted by atomic mass is 32.2. The van der Waals surface area contributed by atoms with Gasteiger partial charge in [0, 0.05) is 10.6 Å². The number of hydrogen-bond acceptors (Lipinski definition) is 3. The first kappa shape index (κ1) is 14.9. The number of piperazine rings is 1. The van der Waals surface area contributed by atoms with Crippen LogP contribution in [0.15, 0.2) is 29.2 Å². The van der Waals surface area contributed by atoms with E-state index in [9.17, 15) is 9.59 Å². The Morgan fingerprint density at radius 2 is 1.80 bits per heavy atom. The molecular weight excluding hydrogens is 272 g/mol. The Bertz CT molecular complexity index is 520. The lowest BCUT2D eigenvalue weighted by molar-refractivity contribution is -0.133. The molecule has 1 saturated heterocycles. The van der Waals surface area contributed by atoms with E-state index in [1.165, 1.54) is 0 Å². The summed E-state index contributed by atoms with van der Waals surface area (Å²) in [6.07, 6.45) is 2.00. The summed E-state index contributed by atoms with van der Waals surface area (Å²) in [5, 5.41) is 2.79. The Kier molecular flexibility index (Phi) is 4.09. The SMILES string of the molecule is CSc1ccc(N2CC(=O)NC(C(C)(C)C)C2=O)cc1. The number of carbonyl (C=O) groups excluding carboxylic acids is 2. The van der Waals surface area contributed by atoms with Gasteiger partial charge in [0.1, 0.15) is 12.6 Å². The van der Waals surface area contributed by atoms with Crippen molar-refractivity contribution in [1.82, 2.24) is 5.32 Å². The first-order valence-corrected chi connectivity index (χ1v) is 7.80. The molecule has 0 bridgehead atoms. The first-order valence-electron chi connectivity index (χ1n) is 6.58. The van der Waals surface area contributed by atoms with Gasteiger partial charge in [-0.25, -0.2) is 0 Å². The molecule has 2 amide bonds. The third-order valence-corrected chi connectivity index (χ3v) is 4.11. The average Bonchev–Trinajstić information content (AvgIpc) is 2.40. The lowest BCUT2D eigenvalue weighted by Gasteiger charge is -2.38. The maximum atomic E-state index is 12.6. The fraction of sp³-hybridized carbons (Fsp3) is 0.467. The number of hydrogen-bond donors (Lipinski definition) is 1. The van der Waals surface area contributed by atoms with Crippen LogP contribution in [-0.4, -0.2) is 30.7 Å². The van der Waals surface area contributed by atoms with E-state index in [0.29, 0.717) is 0 Å². The van der Waals surface area contributed by atoms with Gasteiger partial charge in [-0.2, -0.15) is 0 Å². The summed E-state index contributed by atoms with van der Waals surface area (Å²) in [7, 11) is 0. The van der Waals surface area contributed by atoms with Gasteiger partial charge in [0.15, 0.2) is 0 Å². The van der Waals surface area contributed by atoms with E-state index in [2.05, 4.69) is 5.32 Å². The zero-order chi connectivity index (χ0) is 14.9. The van der Waals surface area contributed by atoms with E-state index in [-0.39, 0.29) is 23.8 Å². The van der Waals surface area contributed by atoms with Gasteiger partial charge in [0.05, 0.1) is 0 Å².